The van der Waals surface area contributed by atoms with Crippen molar-refractivity contribution < 1.29 is 4.79 Å². The molecule has 5 heteroatoms. The zero-order valence-electron chi connectivity index (χ0n) is 10.4. The fourth-order valence-electron chi connectivity index (χ4n) is 1.82. The Hall–Kier alpha value is -2.35. The van der Waals surface area contributed by atoms with Crippen molar-refractivity contribution in [2.75, 3.05) is 13.6 Å². The van der Waals surface area contributed by atoms with Gasteiger partial charge in [-0.15, -0.1) is 0 Å². The number of imidazole rings is 1. The normalized spacial score (nSPS) is 10.3. The third kappa shape index (κ3) is 2.48. The van der Waals surface area contributed by atoms with E-state index in [9.17, 15) is 4.79 Å². The summed E-state index contributed by atoms with van der Waals surface area (Å²) >= 11 is 0. The van der Waals surface area contributed by atoms with Crippen LogP contribution in [-0.4, -0.2) is 34.4 Å². The Morgan fingerprint density at radius 3 is 3.06 bits per heavy atom. The van der Waals surface area contributed by atoms with Crippen molar-refractivity contribution in [3.63, 3.8) is 0 Å². The molecular formula is C13H14N4O. The molecule has 0 radical (unpaired) electrons. The van der Waals surface area contributed by atoms with Gasteiger partial charge in [0, 0.05) is 13.6 Å². The summed E-state index contributed by atoms with van der Waals surface area (Å²) < 4.78 is 0. The molecule has 92 valence electrons. The molecule has 0 unspecified atom stereocenters. The average Bonchev–Trinajstić information content (AvgIpc) is 2.74. The molecule has 5 nitrogen and oxygen atoms in total. The number of carbonyl (C=O) groups excluding carboxylic acids is 1. The van der Waals surface area contributed by atoms with E-state index >= 15 is 0 Å². The molecule has 0 fully saturated rings. The van der Waals surface area contributed by atoms with Crippen LogP contribution in [0.15, 0.2) is 18.2 Å². The number of aryl methyl sites for hydroxylation is 1. The molecule has 1 aromatic heterocycles. The predicted octanol–water partition coefficient (Wildman–Crippen LogP) is 1.40. The van der Waals surface area contributed by atoms with Gasteiger partial charge in [0.1, 0.15) is 5.82 Å². The van der Waals surface area contributed by atoms with Gasteiger partial charge in [-0.05, 0) is 31.0 Å². The molecule has 0 bridgehead atoms. The van der Waals surface area contributed by atoms with Crippen LogP contribution in [0.4, 0.5) is 0 Å². The van der Waals surface area contributed by atoms with Crippen LogP contribution < -0.4 is 0 Å². The highest BCUT2D eigenvalue weighted by Crippen LogP contribution is 2.14. The van der Waals surface area contributed by atoms with Gasteiger partial charge < -0.3 is 9.88 Å². The molecule has 1 heterocycles. The van der Waals surface area contributed by atoms with Crippen molar-refractivity contribution in [3.05, 3.63) is 29.6 Å². The fraction of sp³-hybridized carbons (Fsp3) is 0.308. The minimum atomic E-state index is -0.506. The number of fused-ring (bicyclic) bond motifs is 1. The van der Waals surface area contributed by atoms with Crippen molar-refractivity contribution in [1.29, 1.82) is 5.26 Å². The highest BCUT2D eigenvalue weighted by atomic mass is 16.2. The van der Waals surface area contributed by atoms with Crippen molar-refractivity contribution in [2.45, 2.75) is 13.3 Å². The van der Waals surface area contributed by atoms with Gasteiger partial charge >= 0.3 is 5.91 Å². The second-order valence-electron chi connectivity index (χ2n) is 4.26. The maximum Gasteiger partial charge on any atom is 0.324 e. The lowest BCUT2D eigenvalue weighted by molar-refractivity contribution is -0.124. The van der Waals surface area contributed by atoms with Crippen LogP contribution in [0.25, 0.3) is 11.0 Å². The molecule has 1 N–H and O–H groups in total. The zero-order chi connectivity index (χ0) is 13.1. The maximum atomic E-state index is 11.1. The summed E-state index contributed by atoms with van der Waals surface area (Å²) in [5.74, 6) is 0.382. The largest absolute Gasteiger partial charge is 0.342 e. The van der Waals surface area contributed by atoms with Gasteiger partial charge in [-0.1, -0.05) is 6.07 Å². The molecular weight excluding hydrogens is 228 g/mol. The molecule has 0 aliphatic heterocycles. The van der Waals surface area contributed by atoms with Crippen LogP contribution in [-0.2, 0) is 11.2 Å². The van der Waals surface area contributed by atoms with Gasteiger partial charge in [-0.3, -0.25) is 4.79 Å². The molecule has 1 aromatic carbocycles. The molecule has 0 aliphatic rings. The van der Waals surface area contributed by atoms with Crippen LogP contribution in [0.1, 0.15) is 11.4 Å². The average molecular weight is 242 g/mol. The van der Waals surface area contributed by atoms with E-state index in [0.717, 1.165) is 28.8 Å². The van der Waals surface area contributed by atoms with Crippen molar-refractivity contribution >= 4 is 16.9 Å². The van der Waals surface area contributed by atoms with E-state index in [2.05, 4.69) is 9.97 Å². The lowest BCUT2D eigenvalue weighted by Gasteiger charge is -2.12. The summed E-state index contributed by atoms with van der Waals surface area (Å²) in [6, 6.07) is 7.58. The predicted molar refractivity (Wildman–Crippen MR) is 67.8 cm³/mol. The van der Waals surface area contributed by atoms with Crippen LogP contribution in [0.2, 0.25) is 0 Å². The minimum Gasteiger partial charge on any atom is -0.342 e. The number of carbonyl (C=O) groups is 1. The van der Waals surface area contributed by atoms with Gasteiger partial charge in [-0.2, -0.15) is 5.26 Å². The number of H-pyrrole nitrogens is 1. The summed E-state index contributed by atoms with van der Waals surface area (Å²) in [6.45, 7) is 2.45. The van der Waals surface area contributed by atoms with Crippen molar-refractivity contribution in [1.82, 2.24) is 14.9 Å². The number of nitriles is 1. The molecule has 0 spiro atoms. The first kappa shape index (κ1) is 12.1. The third-order valence-corrected chi connectivity index (χ3v) is 2.84. The van der Waals surface area contributed by atoms with E-state index in [4.69, 9.17) is 5.26 Å². The van der Waals surface area contributed by atoms with Crippen LogP contribution in [0.5, 0.6) is 0 Å². The summed E-state index contributed by atoms with van der Waals surface area (Å²) in [5, 5.41) is 8.49. The SMILES string of the molecule is Cc1nc2ccc(CCN(C)C(=O)C#N)cc2[nH]1. The van der Waals surface area contributed by atoms with Crippen molar-refractivity contribution in [3.8, 4) is 6.07 Å². The first-order chi connectivity index (χ1) is 8.60. The lowest BCUT2D eigenvalue weighted by atomic mass is 10.1. The van der Waals surface area contributed by atoms with Gasteiger partial charge in [0.2, 0.25) is 0 Å². The number of nitrogens with zero attached hydrogens (tertiary/aromatic N) is 3. The molecule has 0 aliphatic carbocycles. The number of likely N-dealkylation sites (N-methyl/N-ethyl adjacent to an activating group) is 1. The Bertz CT molecular complexity index is 623. The molecule has 0 saturated heterocycles. The van der Waals surface area contributed by atoms with Crippen molar-refractivity contribution in [2.24, 2.45) is 0 Å². The van der Waals surface area contributed by atoms with Gasteiger partial charge in [0.05, 0.1) is 11.0 Å². The van der Waals surface area contributed by atoms with Crippen LogP contribution >= 0.6 is 0 Å². The highest BCUT2D eigenvalue weighted by Gasteiger charge is 2.07. The first-order valence-electron chi connectivity index (χ1n) is 5.70. The van der Waals surface area contributed by atoms with Gasteiger partial charge in [-0.25, -0.2) is 4.98 Å². The topological polar surface area (TPSA) is 72.8 Å². The standard InChI is InChI=1S/C13H14N4O/c1-9-15-11-4-3-10(7-12(11)16-9)5-6-17(2)13(18)8-14/h3-4,7H,5-6H2,1-2H3,(H,15,16). The number of hydrogen-bond acceptors (Lipinski definition) is 3. The lowest BCUT2D eigenvalue weighted by Crippen LogP contribution is -2.27. The second kappa shape index (κ2) is 4.88. The molecule has 1 amide bonds. The first-order valence-corrected chi connectivity index (χ1v) is 5.70. The van der Waals surface area contributed by atoms with Gasteiger partial charge in [0.25, 0.3) is 0 Å². The molecule has 0 saturated carbocycles. The van der Waals surface area contributed by atoms with E-state index in [1.54, 1.807) is 13.1 Å². The number of benzene rings is 1. The molecule has 0 atom stereocenters. The zero-order valence-corrected chi connectivity index (χ0v) is 10.4. The minimum absolute atomic E-state index is 0.506. The Labute approximate surface area is 105 Å². The van der Waals surface area contributed by atoms with E-state index in [0.29, 0.717) is 6.54 Å². The quantitative estimate of drug-likeness (QED) is 0.827. The number of amides is 1. The number of hydrogen-bond donors (Lipinski definition) is 1. The summed E-state index contributed by atoms with van der Waals surface area (Å²) in [4.78, 5) is 20.0. The molecule has 2 rings (SSSR count). The third-order valence-electron chi connectivity index (χ3n) is 2.84. The van der Waals surface area contributed by atoms with Crippen LogP contribution in [0, 0.1) is 18.3 Å². The summed E-state index contributed by atoms with van der Waals surface area (Å²) in [5.41, 5.74) is 3.06. The number of aromatic amines is 1. The number of nitrogens with one attached hydrogen (secondary N) is 1. The Morgan fingerprint density at radius 2 is 2.33 bits per heavy atom. The van der Waals surface area contributed by atoms with E-state index < -0.39 is 5.91 Å². The fourth-order valence-corrected chi connectivity index (χ4v) is 1.82. The Balaban J connectivity index is 2.08. The summed E-state index contributed by atoms with van der Waals surface area (Å²) in [7, 11) is 1.63. The Kier molecular flexibility index (Phi) is 3.28. The molecule has 2 aromatic rings. The monoisotopic (exact) mass is 242 g/mol. The number of rotatable bonds is 3. The van der Waals surface area contributed by atoms with E-state index in [-0.39, 0.29) is 0 Å². The summed E-state index contributed by atoms with van der Waals surface area (Å²) in [6.07, 6.45) is 0.720. The smallest absolute Gasteiger partial charge is 0.324 e. The number of aromatic nitrogens is 2. The maximum absolute atomic E-state index is 11.1. The van der Waals surface area contributed by atoms with Crippen LogP contribution in [0.3, 0.4) is 0 Å². The highest BCUT2D eigenvalue weighted by molar-refractivity contribution is 5.91. The molecule has 18 heavy (non-hydrogen) atoms. The van der Waals surface area contributed by atoms with E-state index in [1.165, 1.54) is 4.90 Å². The van der Waals surface area contributed by atoms with Gasteiger partial charge in [0.15, 0.2) is 6.07 Å². The van der Waals surface area contributed by atoms with E-state index in [1.807, 2.05) is 25.1 Å². The second-order valence-corrected chi connectivity index (χ2v) is 4.26. The Morgan fingerprint density at radius 1 is 1.56 bits per heavy atom.